The summed E-state index contributed by atoms with van der Waals surface area (Å²) in [6, 6.07) is 14.9. The molecule has 2 aromatic carbocycles. The molecule has 0 aliphatic carbocycles. The van der Waals surface area contributed by atoms with Gasteiger partial charge in [-0.05, 0) is 24.3 Å². The predicted molar refractivity (Wildman–Crippen MR) is 105 cm³/mol. The second kappa shape index (κ2) is 8.74. The van der Waals surface area contributed by atoms with E-state index >= 15 is 0 Å². The van der Waals surface area contributed by atoms with Gasteiger partial charge < -0.3 is 14.0 Å². The van der Waals surface area contributed by atoms with E-state index in [9.17, 15) is 13.2 Å². The Morgan fingerprint density at radius 1 is 1.03 bits per heavy atom. The molecular weight excluding hydrogens is 410 g/mol. The largest absolute Gasteiger partial charge is 0.452 e. The molecule has 0 spiro atoms. The fourth-order valence-corrected chi connectivity index (χ4v) is 4.34. The number of esters is 1. The van der Waals surface area contributed by atoms with E-state index in [0.29, 0.717) is 32.1 Å². The molecule has 1 aliphatic rings. The van der Waals surface area contributed by atoms with E-state index in [0.717, 1.165) is 5.56 Å². The molecule has 1 aromatic heterocycles. The smallest absolute Gasteiger partial charge is 0.338 e. The third-order valence-electron chi connectivity index (χ3n) is 4.52. The highest BCUT2D eigenvalue weighted by molar-refractivity contribution is 7.89. The van der Waals surface area contributed by atoms with Crippen LogP contribution in [-0.2, 0) is 26.1 Å². The zero-order valence-electron chi connectivity index (χ0n) is 15.9. The van der Waals surface area contributed by atoms with Gasteiger partial charge in [-0.3, -0.25) is 0 Å². The van der Waals surface area contributed by atoms with Crippen molar-refractivity contribution in [3.63, 3.8) is 0 Å². The first-order valence-corrected chi connectivity index (χ1v) is 10.7. The number of hydrogen-bond acceptors (Lipinski definition) is 8. The van der Waals surface area contributed by atoms with Crippen LogP contribution in [0.1, 0.15) is 16.2 Å². The first kappa shape index (κ1) is 20.2. The van der Waals surface area contributed by atoms with Crippen LogP contribution >= 0.6 is 0 Å². The lowest BCUT2D eigenvalue weighted by atomic mass is 10.2. The maximum atomic E-state index is 12.6. The highest BCUT2D eigenvalue weighted by atomic mass is 32.2. The lowest BCUT2D eigenvalue weighted by Crippen LogP contribution is -2.40. The van der Waals surface area contributed by atoms with E-state index in [1.165, 1.54) is 28.6 Å². The Hall–Kier alpha value is -3.08. The number of nitrogens with zero attached hydrogens (tertiary/aromatic N) is 3. The fourth-order valence-electron chi connectivity index (χ4n) is 2.93. The molecule has 9 nitrogen and oxygen atoms in total. The number of sulfonamides is 1. The number of rotatable bonds is 6. The lowest BCUT2D eigenvalue weighted by Gasteiger charge is -2.26. The molecule has 0 bridgehead atoms. The Bertz CT molecular complexity index is 1110. The summed E-state index contributed by atoms with van der Waals surface area (Å²) in [5, 5.41) is 3.86. The molecule has 156 valence electrons. The summed E-state index contributed by atoms with van der Waals surface area (Å²) in [7, 11) is -3.62. The van der Waals surface area contributed by atoms with Crippen molar-refractivity contribution in [1.29, 1.82) is 0 Å². The molecule has 3 aromatic rings. The Labute approximate surface area is 173 Å². The van der Waals surface area contributed by atoms with E-state index in [-0.39, 0.29) is 23.0 Å². The molecule has 0 saturated carbocycles. The summed E-state index contributed by atoms with van der Waals surface area (Å²) in [6.07, 6.45) is 0. The maximum absolute atomic E-state index is 12.6. The molecule has 0 radical (unpaired) electrons. The second-order valence-corrected chi connectivity index (χ2v) is 8.43. The van der Waals surface area contributed by atoms with Crippen LogP contribution in [0.5, 0.6) is 0 Å². The number of hydrogen-bond donors (Lipinski definition) is 0. The van der Waals surface area contributed by atoms with Gasteiger partial charge in [-0.25, -0.2) is 13.2 Å². The second-order valence-electron chi connectivity index (χ2n) is 6.49. The van der Waals surface area contributed by atoms with Crippen LogP contribution in [0.2, 0.25) is 0 Å². The minimum Gasteiger partial charge on any atom is -0.452 e. The topological polar surface area (TPSA) is 112 Å². The van der Waals surface area contributed by atoms with Crippen molar-refractivity contribution in [3.05, 3.63) is 66.1 Å². The molecule has 0 unspecified atom stereocenters. The van der Waals surface area contributed by atoms with E-state index < -0.39 is 16.0 Å². The standard InChI is InChI=1S/C20H19N3O6S/c24-20(28-14-18-21-19(22-29-18)15-4-2-1-3-5-15)16-6-8-17(9-7-16)30(25,26)23-10-12-27-13-11-23/h1-9H,10-14H2. The minimum atomic E-state index is -3.62. The molecule has 0 N–H and O–H groups in total. The van der Waals surface area contributed by atoms with E-state index in [4.69, 9.17) is 14.0 Å². The number of benzene rings is 2. The van der Waals surface area contributed by atoms with Gasteiger partial charge in [0.2, 0.25) is 15.8 Å². The first-order chi connectivity index (χ1) is 14.5. The minimum absolute atomic E-state index is 0.116. The van der Waals surface area contributed by atoms with Crippen LogP contribution in [0.25, 0.3) is 11.4 Å². The van der Waals surface area contributed by atoms with Gasteiger partial charge in [0.25, 0.3) is 5.89 Å². The summed E-state index contributed by atoms with van der Waals surface area (Å²) in [6.45, 7) is 1.16. The summed E-state index contributed by atoms with van der Waals surface area (Å²) in [5.74, 6) is -0.0576. The van der Waals surface area contributed by atoms with Gasteiger partial charge in [0.15, 0.2) is 6.61 Å². The monoisotopic (exact) mass is 429 g/mol. The quantitative estimate of drug-likeness (QED) is 0.548. The van der Waals surface area contributed by atoms with Crippen LogP contribution < -0.4 is 0 Å². The number of ether oxygens (including phenoxy) is 2. The highest BCUT2D eigenvalue weighted by Crippen LogP contribution is 2.19. The Morgan fingerprint density at radius 2 is 1.73 bits per heavy atom. The summed E-state index contributed by atoms with van der Waals surface area (Å²) < 4.78 is 42.1. The third-order valence-corrected chi connectivity index (χ3v) is 6.44. The van der Waals surface area contributed by atoms with Crippen molar-refractivity contribution >= 4 is 16.0 Å². The van der Waals surface area contributed by atoms with Crippen molar-refractivity contribution in [2.45, 2.75) is 11.5 Å². The zero-order chi connectivity index (χ0) is 21.0. The van der Waals surface area contributed by atoms with Gasteiger partial charge in [0.05, 0.1) is 23.7 Å². The van der Waals surface area contributed by atoms with Crippen molar-refractivity contribution in [3.8, 4) is 11.4 Å². The molecule has 30 heavy (non-hydrogen) atoms. The van der Waals surface area contributed by atoms with E-state index in [2.05, 4.69) is 10.1 Å². The molecule has 1 fully saturated rings. The molecule has 0 amide bonds. The lowest BCUT2D eigenvalue weighted by molar-refractivity contribution is 0.0429. The summed E-state index contributed by atoms with van der Waals surface area (Å²) in [4.78, 5) is 16.6. The number of morpholine rings is 1. The van der Waals surface area contributed by atoms with Gasteiger partial charge in [-0.1, -0.05) is 35.5 Å². The van der Waals surface area contributed by atoms with Gasteiger partial charge >= 0.3 is 5.97 Å². The van der Waals surface area contributed by atoms with E-state index in [1.54, 1.807) is 0 Å². The van der Waals surface area contributed by atoms with Gasteiger partial charge in [0.1, 0.15) is 0 Å². The van der Waals surface area contributed by atoms with Gasteiger partial charge in [0, 0.05) is 18.7 Å². The summed E-state index contributed by atoms with van der Waals surface area (Å²) >= 11 is 0. The summed E-state index contributed by atoms with van der Waals surface area (Å²) in [5.41, 5.74) is 1.01. The van der Waals surface area contributed by atoms with Crippen LogP contribution in [0.4, 0.5) is 0 Å². The third kappa shape index (κ3) is 4.40. The number of carbonyl (C=O) groups excluding carboxylic acids is 1. The van der Waals surface area contributed by atoms with Gasteiger partial charge in [-0.2, -0.15) is 9.29 Å². The molecule has 0 atom stereocenters. The molecule has 10 heteroatoms. The highest BCUT2D eigenvalue weighted by Gasteiger charge is 2.26. The van der Waals surface area contributed by atoms with Crippen molar-refractivity contribution < 1.29 is 27.2 Å². The first-order valence-electron chi connectivity index (χ1n) is 9.27. The maximum Gasteiger partial charge on any atom is 0.338 e. The Morgan fingerprint density at radius 3 is 2.43 bits per heavy atom. The van der Waals surface area contributed by atoms with E-state index in [1.807, 2.05) is 30.3 Å². The van der Waals surface area contributed by atoms with Crippen LogP contribution in [0.15, 0.2) is 64.0 Å². The fraction of sp³-hybridized carbons (Fsp3) is 0.250. The van der Waals surface area contributed by atoms with Crippen molar-refractivity contribution in [2.75, 3.05) is 26.3 Å². The number of aromatic nitrogens is 2. The average molecular weight is 429 g/mol. The molecule has 2 heterocycles. The normalized spacial score (nSPS) is 15.1. The molecule has 1 saturated heterocycles. The number of carbonyl (C=O) groups is 1. The predicted octanol–water partition coefficient (Wildman–Crippen LogP) is 2.11. The van der Waals surface area contributed by atoms with Crippen molar-refractivity contribution in [1.82, 2.24) is 14.4 Å². The van der Waals surface area contributed by atoms with Gasteiger partial charge in [-0.15, -0.1) is 0 Å². The van der Waals surface area contributed by atoms with Crippen LogP contribution in [0, 0.1) is 0 Å². The molecular formula is C20H19N3O6S. The Balaban J connectivity index is 1.38. The Kier molecular flexibility index (Phi) is 5.88. The zero-order valence-corrected chi connectivity index (χ0v) is 16.7. The molecule has 1 aliphatic heterocycles. The van der Waals surface area contributed by atoms with Crippen LogP contribution in [-0.4, -0.2) is 55.1 Å². The average Bonchev–Trinajstić information content (AvgIpc) is 3.28. The molecule has 4 rings (SSSR count). The SMILES string of the molecule is O=C(OCc1nc(-c2ccccc2)no1)c1ccc(S(=O)(=O)N2CCOCC2)cc1. The van der Waals surface area contributed by atoms with Crippen molar-refractivity contribution in [2.24, 2.45) is 0 Å². The van der Waals surface area contributed by atoms with Crippen LogP contribution in [0.3, 0.4) is 0 Å².